The number of anilines is 1. The number of nitrogens with zero attached hydrogens (tertiary/aromatic N) is 3. The van der Waals surface area contributed by atoms with E-state index < -0.39 is 0 Å². The van der Waals surface area contributed by atoms with Gasteiger partial charge in [0.1, 0.15) is 5.75 Å². The van der Waals surface area contributed by atoms with Crippen molar-refractivity contribution in [3.63, 3.8) is 0 Å². The van der Waals surface area contributed by atoms with Crippen molar-refractivity contribution < 1.29 is 4.74 Å². The second kappa shape index (κ2) is 8.05. The highest BCUT2D eigenvalue weighted by Crippen LogP contribution is 2.30. The van der Waals surface area contributed by atoms with Crippen LogP contribution in [0.1, 0.15) is 23.1 Å². The molecule has 1 N–H and O–H groups in total. The summed E-state index contributed by atoms with van der Waals surface area (Å²) in [5, 5.41) is 14.4. The number of fused-ring (bicyclic) bond motifs is 1. The summed E-state index contributed by atoms with van der Waals surface area (Å²) in [7, 11) is 1.61. The first-order valence-corrected chi connectivity index (χ1v) is 9.66. The van der Waals surface area contributed by atoms with E-state index in [1.807, 2.05) is 36.5 Å². The molecule has 1 aliphatic heterocycles. The number of pyridine rings is 1. The molecule has 142 valence electrons. The van der Waals surface area contributed by atoms with Crippen LogP contribution in [0.15, 0.2) is 42.6 Å². The molecule has 0 saturated carbocycles. The van der Waals surface area contributed by atoms with Crippen molar-refractivity contribution in [2.45, 2.75) is 19.5 Å². The van der Waals surface area contributed by atoms with Crippen molar-refractivity contribution in [3.8, 4) is 11.8 Å². The summed E-state index contributed by atoms with van der Waals surface area (Å²) in [4.78, 5) is 7.00. The van der Waals surface area contributed by atoms with Crippen LogP contribution in [0.2, 0.25) is 5.02 Å². The summed E-state index contributed by atoms with van der Waals surface area (Å²) in [6.45, 7) is 3.70. The molecule has 5 nitrogen and oxygen atoms in total. The predicted molar refractivity (Wildman–Crippen MR) is 112 cm³/mol. The maximum Gasteiger partial charge on any atom is 0.137 e. The van der Waals surface area contributed by atoms with Gasteiger partial charge in [0.2, 0.25) is 0 Å². The highest BCUT2D eigenvalue weighted by atomic mass is 35.5. The fraction of sp³-hybridized carbons (Fsp3) is 0.273. The first-order valence-electron chi connectivity index (χ1n) is 9.28. The Morgan fingerprint density at radius 2 is 2.11 bits per heavy atom. The molecule has 0 atom stereocenters. The molecule has 2 heterocycles. The summed E-state index contributed by atoms with van der Waals surface area (Å²) in [5.74, 6) is 0.664. The van der Waals surface area contributed by atoms with Crippen LogP contribution in [0.4, 0.5) is 5.69 Å². The number of aromatic nitrogens is 1. The number of ether oxygens (including phenoxy) is 1. The quantitative estimate of drug-likeness (QED) is 0.665. The van der Waals surface area contributed by atoms with Gasteiger partial charge in [0.05, 0.1) is 29.3 Å². The molecule has 3 aromatic rings. The number of likely N-dealkylation sites (tertiary alicyclic amines) is 1. The molecule has 28 heavy (non-hydrogen) atoms. The van der Waals surface area contributed by atoms with Gasteiger partial charge in [-0.2, -0.15) is 5.26 Å². The Morgan fingerprint density at radius 3 is 2.79 bits per heavy atom. The lowest BCUT2D eigenvalue weighted by Gasteiger charge is -2.31. The van der Waals surface area contributed by atoms with Crippen LogP contribution in [-0.2, 0) is 13.1 Å². The number of nitrogens with one attached hydrogen (secondary N) is 1. The molecular weight excluding hydrogens is 372 g/mol. The third kappa shape index (κ3) is 3.75. The number of halogens is 1. The van der Waals surface area contributed by atoms with Gasteiger partial charge in [-0.3, -0.25) is 9.88 Å². The fourth-order valence-corrected chi connectivity index (χ4v) is 3.70. The summed E-state index contributed by atoms with van der Waals surface area (Å²) in [6.07, 6.45) is 3.18. The van der Waals surface area contributed by atoms with E-state index in [1.54, 1.807) is 13.2 Å². The smallest absolute Gasteiger partial charge is 0.137 e. The van der Waals surface area contributed by atoms with E-state index in [2.05, 4.69) is 21.3 Å². The summed E-state index contributed by atoms with van der Waals surface area (Å²) in [6, 6.07) is 13.6. The standard InChI is InChI=1S/C22H21ClN4O/c1-28-21-6-4-16(10-19(21)23)12-26-22-17(14-27-7-2-8-27)13-25-20-5-3-15(11-24)9-18(20)22/h3-6,9-10,13H,2,7-8,12,14H2,1H3,(H,25,26). The molecule has 1 aliphatic rings. The first-order chi connectivity index (χ1) is 13.7. The van der Waals surface area contributed by atoms with Crippen molar-refractivity contribution in [2.24, 2.45) is 0 Å². The summed E-state index contributed by atoms with van der Waals surface area (Å²) in [5.41, 5.74) is 4.73. The Morgan fingerprint density at radius 1 is 1.25 bits per heavy atom. The SMILES string of the molecule is COc1ccc(CNc2c(CN3CCC3)cnc3ccc(C#N)cc23)cc1Cl. The van der Waals surface area contributed by atoms with Crippen molar-refractivity contribution >= 4 is 28.2 Å². The van der Waals surface area contributed by atoms with Gasteiger partial charge in [-0.05, 0) is 55.4 Å². The Balaban J connectivity index is 1.68. The second-order valence-corrected chi connectivity index (χ2v) is 7.36. The maximum atomic E-state index is 9.31. The van der Waals surface area contributed by atoms with Crippen LogP contribution in [0.3, 0.4) is 0 Å². The summed E-state index contributed by atoms with van der Waals surface area (Å²) >= 11 is 6.27. The van der Waals surface area contributed by atoms with Crippen molar-refractivity contribution in [3.05, 3.63) is 64.3 Å². The van der Waals surface area contributed by atoms with E-state index >= 15 is 0 Å². The van der Waals surface area contributed by atoms with E-state index in [-0.39, 0.29) is 0 Å². The van der Waals surface area contributed by atoms with E-state index in [1.165, 1.54) is 6.42 Å². The minimum atomic E-state index is 0.592. The highest BCUT2D eigenvalue weighted by molar-refractivity contribution is 6.32. The van der Waals surface area contributed by atoms with E-state index in [9.17, 15) is 5.26 Å². The zero-order valence-electron chi connectivity index (χ0n) is 15.7. The first kappa shape index (κ1) is 18.5. The lowest BCUT2D eigenvalue weighted by Crippen LogP contribution is -2.36. The molecule has 1 saturated heterocycles. The van der Waals surface area contributed by atoms with Crippen molar-refractivity contribution in [2.75, 3.05) is 25.5 Å². The van der Waals surface area contributed by atoms with Gasteiger partial charge in [0.25, 0.3) is 0 Å². The van der Waals surface area contributed by atoms with Gasteiger partial charge in [-0.25, -0.2) is 0 Å². The normalized spacial score (nSPS) is 13.8. The minimum Gasteiger partial charge on any atom is -0.495 e. The second-order valence-electron chi connectivity index (χ2n) is 6.95. The third-order valence-electron chi connectivity index (χ3n) is 5.10. The third-order valence-corrected chi connectivity index (χ3v) is 5.40. The molecule has 6 heteroatoms. The number of methoxy groups -OCH3 is 1. The molecule has 0 aliphatic carbocycles. The molecule has 4 rings (SSSR count). The zero-order valence-corrected chi connectivity index (χ0v) is 16.5. The topological polar surface area (TPSA) is 61.2 Å². The predicted octanol–water partition coefficient (Wildman–Crippen LogP) is 4.59. The molecule has 1 fully saturated rings. The number of nitriles is 1. The highest BCUT2D eigenvalue weighted by Gasteiger charge is 2.18. The minimum absolute atomic E-state index is 0.592. The molecular formula is C22H21ClN4O. The Kier molecular flexibility index (Phi) is 5.34. The molecule has 0 amide bonds. The van der Waals surface area contributed by atoms with Gasteiger partial charge in [0, 0.05) is 35.9 Å². The number of hydrogen-bond acceptors (Lipinski definition) is 5. The molecule has 0 bridgehead atoms. The van der Waals surface area contributed by atoms with E-state index in [4.69, 9.17) is 16.3 Å². The van der Waals surface area contributed by atoms with Gasteiger partial charge in [-0.1, -0.05) is 17.7 Å². The van der Waals surface area contributed by atoms with Crippen LogP contribution in [-0.4, -0.2) is 30.1 Å². The zero-order chi connectivity index (χ0) is 19.5. The molecule has 0 spiro atoms. The van der Waals surface area contributed by atoms with Gasteiger partial charge in [-0.15, -0.1) is 0 Å². The van der Waals surface area contributed by atoms with E-state index in [0.717, 1.165) is 47.4 Å². The van der Waals surface area contributed by atoms with Crippen molar-refractivity contribution in [1.29, 1.82) is 5.26 Å². The van der Waals surface area contributed by atoms with E-state index in [0.29, 0.717) is 22.9 Å². The fourth-order valence-electron chi connectivity index (χ4n) is 3.42. The lowest BCUT2D eigenvalue weighted by molar-refractivity contribution is 0.173. The Hall–Kier alpha value is -2.81. The van der Waals surface area contributed by atoms with Crippen LogP contribution < -0.4 is 10.1 Å². The molecule has 1 aromatic heterocycles. The van der Waals surface area contributed by atoms with Crippen LogP contribution in [0, 0.1) is 11.3 Å². The number of benzene rings is 2. The molecule has 0 radical (unpaired) electrons. The average molecular weight is 393 g/mol. The van der Waals surface area contributed by atoms with Gasteiger partial charge in [0.15, 0.2) is 0 Å². The van der Waals surface area contributed by atoms with Crippen molar-refractivity contribution in [1.82, 2.24) is 9.88 Å². The monoisotopic (exact) mass is 392 g/mol. The lowest BCUT2D eigenvalue weighted by atomic mass is 10.0. The van der Waals surface area contributed by atoms with Gasteiger partial charge < -0.3 is 10.1 Å². The molecule has 2 aromatic carbocycles. The summed E-state index contributed by atoms with van der Waals surface area (Å²) < 4.78 is 5.23. The van der Waals surface area contributed by atoms with Crippen LogP contribution in [0.25, 0.3) is 10.9 Å². The van der Waals surface area contributed by atoms with Crippen LogP contribution >= 0.6 is 11.6 Å². The number of hydrogen-bond donors (Lipinski definition) is 1. The Bertz CT molecular complexity index is 1060. The largest absolute Gasteiger partial charge is 0.495 e. The maximum absolute atomic E-state index is 9.31. The molecule has 0 unspecified atom stereocenters. The van der Waals surface area contributed by atoms with Crippen LogP contribution in [0.5, 0.6) is 5.75 Å². The Labute approximate surface area is 169 Å². The average Bonchev–Trinajstić information content (AvgIpc) is 2.69. The van der Waals surface area contributed by atoms with Gasteiger partial charge >= 0.3 is 0 Å². The number of rotatable bonds is 6.